The molecule has 0 aromatic carbocycles. The Labute approximate surface area is 130 Å². The first-order valence-corrected chi connectivity index (χ1v) is 8.80. The number of carbonyl (C=O) groups excluding carboxylic acids is 1. The summed E-state index contributed by atoms with van der Waals surface area (Å²) in [7, 11) is 0. The smallest absolute Gasteiger partial charge is 0.264 e. The summed E-state index contributed by atoms with van der Waals surface area (Å²) >= 11 is 1.62. The highest BCUT2D eigenvalue weighted by molar-refractivity contribution is 7.14. The van der Waals surface area contributed by atoms with Gasteiger partial charge in [-0.2, -0.15) is 0 Å². The van der Waals surface area contributed by atoms with E-state index >= 15 is 0 Å². The average molecular weight is 308 g/mol. The number of hydrogen-bond acceptors (Lipinski definition) is 4. The molecule has 116 valence electrons. The maximum Gasteiger partial charge on any atom is 0.264 e. The zero-order chi connectivity index (χ0) is 14.8. The van der Waals surface area contributed by atoms with Gasteiger partial charge in [0.2, 0.25) is 0 Å². The summed E-state index contributed by atoms with van der Waals surface area (Å²) in [6.45, 7) is 5.45. The van der Waals surface area contributed by atoms with Crippen molar-refractivity contribution in [1.82, 2.24) is 9.80 Å². The largest absolute Gasteiger partial charge is 0.391 e. The molecular formula is C16H24N2O2S. The molecule has 1 saturated carbocycles. The molecule has 1 saturated heterocycles. The molecule has 0 bridgehead atoms. The predicted molar refractivity (Wildman–Crippen MR) is 84.8 cm³/mol. The van der Waals surface area contributed by atoms with Crippen LogP contribution in [-0.2, 0) is 6.42 Å². The fourth-order valence-corrected chi connectivity index (χ4v) is 4.36. The van der Waals surface area contributed by atoms with Gasteiger partial charge in [-0.05, 0) is 37.8 Å². The van der Waals surface area contributed by atoms with E-state index in [9.17, 15) is 9.90 Å². The summed E-state index contributed by atoms with van der Waals surface area (Å²) < 4.78 is 0. The zero-order valence-corrected chi connectivity index (χ0v) is 13.4. The van der Waals surface area contributed by atoms with Crippen LogP contribution in [0.1, 0.15) is 40.7 Å². The van der Waals surface area contributed by atoms with E-state index < -0.39 is 0 Å². The molecule has 2 heterocycles. The lowest BCUT2D eigenvalue weighted by molar-refractivity contribution is 0.0318. The SMILES string of the molecule is CCc1ccc(C(=O)N2CCN([C@H]3CCC[C@H]3O)CC2)s1. The molecule has 3 rings (SSSR count). The van der Waals surface area contributed by atoms with E-state index in [0.717, 1.165) is 56.7 Å². The van der Waals surface area contributed by atoms with Crippen molar-refractivity contribution in [3.8, 4) is 0 Å². The fourth-order valence-electron chi connectivity index (χ4n) is 3.44. The maximum absolute atomic E-state index is 12.5. The summed E-state index contributed by atoms with van der Waals surface area (Å²) in [5, 5.41) is 10.0. The molecule has 0 radical (unpaired) electrons. The molecule has 5 heteroatoms. The third kappa shape index (κ3) is 3.15. The number of aliphatic hydroxyl groups excluding tert-OH is 1. The van der Waals surface area contributed by atoms with E-state index in [-0.39, 0.29) is 12.0 Å². The Bertz CT molecular complexity index is 494. The molecule has 0 spiro atoms. The highest BCUT2D eigenvalue weighted by atomic mass is 32.1. The van der Waals surface area contributed by atoms with Crippen molar-refractivity contribution in [3.05, 3.63) is 21.9 Å². The van der Waals surface area contributed by atoms with Crippen molar-refractivity contribution in [2.45, 2.75) is 44.8 Å². The highest BCUT2D eigenvalue weighted by Gasteiger charge is 2.33. The van der Waals surface area contributed by atoms with Gasteiger partial charge in [0.1, 0.15) is 0 Å². The molecule has 1 aliphatic carbocycles. The number of thiophene rings is 1. The Balaban J connectivity index is 1.56. The normalized spacial score (nSPS) is 27.2. The molecule has 1 amide bonds. The van der Waals surface area contributed by atoms with Crippen molar-refractivity contribution in [2.75, 3.05) is 26.2 Å². The minimum atomic E-state index is -0.170. The number of nitrogens with zero attached hydrogens (tertiary/aromatic N) is 2. The zero-order valence-electron chi connectivity index (χ0n) is 12.6. The number of carbonyl (C=O) groups is 1. The van der Waals surface area contributed by atoms with E-state index in [2.05, 4.69) is 17.9 Å². The van der Waals surface area contributed by atoms with Crippen LogP contribution < -0.4 is 0 Å². The van der Waals surface area contributed by atoms with Crippen LogP contribution >= 0.6 is 11.3 Å². The van der Waals surface area contributed by atoms with Crippen LogP contribution in [0, 0.1) is 0 Å². The van der Waals surface area contributed by atoms with Crippen molar-refractivity contribution >= 4 is 17.2 Å². The van der Waals surface area contributed by atoms with Gasteiger partial charge in [-0.3, -0.25) is 9.69 Å². The molecule has 1 aliphatic heterocycles. The molecule has 1 aromatic heterocycles. The van der Waals surface area contributed by atoms with Crippen LogP contribution in [0.25, 0.3) is 0 Å². The summed E-state index contributed by atoms with van der Waals surface area (Å²) in [6.07, 6.45) is 3.97. The third-order valence-electron chi connectivity index (χ3n) is 4.74. The van der Waals surface area contributed by atoms with Gasteiger partial charge in [0.15, 0.2) is 0 Å². The van der Waals surface area contributed by atoms with Gasteiger partial charge >= 0.3 is 0 Å². The van der Waals surface area contributed by atoms with Gasteiger partial charge < -0.3 is 10.0 Å². The Morgan fingerprint density at radius 2 is 2.05 bits per heavy atom. The number of hydrogen-bond donors (Lipinski definition) is 1. The summed E-state index contributed by atoms with van der Waals surface area (Å²) in [5.74, 6) is 0.173. The van der Waals surface area contributed by atoms with Gasteiger partial charge in [0.05, 0.1) is 11.0 Å². The first-order chi connectivity index (χ1) is 10.2. The van der Waals surface area contributed by atoms with Crippen molar-refractivity contribution in [3.63, 3.8) is 0 Å². The molecule has 2 aliphatic rings. The lowest BCUT2D eigenvalue weighted by Gasteiger charge is -2.39. The molecule has 21 heavy (non-hydrogen) atoms. The van der Waals surface area contributed by atoms with E-state index in [4.69, 9.17) is 0 Å². The molecule has 0 unspecified atom stereocenters. The van der Waals surface area contributed by atoms with Gasteiger partial charge in [-0.25, -0.2) is 0 Å². The van der Waals surface area contributed by atoms with Crippen LogP contribution in [0.15, 0.2) is 12.1 Å². The second-order valence-electron chi connectivity index (χ2n) is 6.01. The molecule has 1 aromatic rings. The van der Waals surface area contributed by atoms with E-state index in [0.29, 0.717) is 6.04 Å². The number of amides is 1. The predicted octanol–water partition coefficient (Wildman–Crippen LogP) is 1.98. The van der Waals surface area contributed by atoms with Crippen molar-refractivity contribution in [1.29, 1.82) is 0 Å². The van der Waals surface area contributed by atoms with Crippen molar-refractivity contribution in [2.24, 2.45) is 0 Å². The quantitative estimate of drug-likeness (QED) is 0.928. The topological polar surface area (TPSA) is 43.8 Å². The molecule has 2 fully saturated rings. The molecular weight excluding hydrogens is 284 g/mol. The number of aryl methyl sites for hydroxylation is 1. The van der Waals surface area contributed by atoms with Gasteiger partial charge in [-0.15, -0.1) is 11.3 Å². The number of piperazine rings is 1. The van der Waals surface area contributed by atoms with Crippen LogP contribution in [0.4, 0.5) is 0 Å². The highest BCUT2D eigenvalue weighted by Crippen LogP contribution is 2.26. The average Bonchev–Trinajstić information content (AvgIpc) is 3.15. The van der Waals surface area contributed by atoms with Gasteiger partial charge in [0, 0.05) is 37.1 Å². The Morgan fingerprint density at radius 1 is 1.29 bits per heavy atom. The first-order valence-electron chi connectivity index (χ1n) is 7.99. The van der Waals surface area contributed by atoms with Gasteiger partial charge in [0.25, 0.3) is 5.91 Å². The van der Waals surface area contributed by atoms with Crippen LogP contribution in [0.3, 0.4) is 0 Å². The fraction of sp³-hybridized carbons (Fsp3) is 0.688. The summed E-state index contributed by atoms with van der Waals surface area (Å²) in [5.41, 5.74) is 0. The standard InChI is InChI=1S/C16H24N2O2S/c1-2-12-6-7-15(21-12)16(20)18-10-8-17(9-11-18)13-4-3-5-14(13)19/h6-7,13-14,19H,2-5,8-11H2,1H3/t13-,14+/m0/s1. The summed E-state index contributed by atoms with van der Waals surface area (Å²) in [4.78, 5) is 19.0. The van der Waals surface area contributed by atoms with E-state index in [1.165, 1.54) is 4.88 Å². The number of aliphatic hydroxyl groups is 1. The van der Waals surface area contributed by atoms with E-state index in [1.54, 1.807) is 11.3 Å². The number of rotatable bonds is 3. The van der Waals surface area contributed by atoms with Crippen LogP contribution in [0.5, 0.6) is 0 Å². The Kier molecular flexibility index (Phi) is 4.62. The lowest BCUT2D eigenvalue weighted by Crippen LogP contribution is -2.53. The van der Waals surface area contributed by atoms with Gasteiger partial charge in [-0.1, -0.05) is 6.92 Å². The second kappa shape index (κ2) is 6.46. The van der Waals surface area contributed by atoms with Crippen molar-refractivity contribution < 1.29 is 9.90 Å². The van der Waals surface area contributed by atoms with E-state index in [1.807, 2.05) is 11.0 Å². The minimum Gasteiger partial charge on any atom is -0.391 e. The Hall–Kier alpha value is -0.910. The van der Waals surface area contributed by atoms with Crippen LogP contribution in [-0.4, -0.2) is 59.1 Å². The minimum absolute atomic E-state index is 0.170. The third-order valence-corrected chi connectivity index (χ3v) is 5.95. The molecule has 4 nitrogen and oxygen atoms in total. The summed E-state index contributed by atoms with van der Waals surface area (Å²) in [6, 6.07) is 4.33. The monoisotopic (exact) mass is 308 g/mol. The second-order valence-corrected chi connectivity index (χ2v) is 7.18. The maximum atomic E-state index is 12.5. The first kappa shape index (κ1) is 15.0. The van der Waals surface area contributed by atoms with Crippen LogP contribution in [0.2, 0.25) is 0 Å². The molecule has 1 N–H and O–H groups in total. The lowest BCUT2D eigenvalue weighted by atomic mass is 10.1. The Morgan fingerprint density at radius 3 is 2.62 bits per heavy atom. The molecule has 2 atom stereocenters.